The maximum absolute atomic E-state index is 12.4. The number of carbonyl (C=O) groups excluding carboxylic acids is 1. The molecule has 23 heavy (non-hydrogen) atoms. The fraction of sp³-hybridized carbons (Fsp3) is 0.500. The van der Waals surface area contributed by atoms with Crippen LogP contribution in [0.5, 0.6) is 0 Å². The Hall–Kier alpha value is -1.18. The second-order valence-corrected chi connectivity index (χ2v) is 16.5. The smallest absolute Gasteiger partial charge is 0.334 e. The number of rotatable bonds is 7. The van der Waals surface area contributed by atoms with Crippen molar-refractivity contribution in [2.24, 2.45) is 0 Å². The summed E-state index contributed by atoms with van der Waals surface area (Å²) < 4.78 is 11.3. The van der Waals surface area contributed by atoms with E-state index in [9.17, 15) is 4.79 Å². The quantitative estimate of drug-likeness (QED) is 0.424. The van der Waals surface area contributed by atoms with Gasteiger partial charge >= 0.3 is 5.97 Å². The van der Waals surface area contributed by atoms with Crippen molar-refractivity contribution < 1.29 is 14.0 Å². The molecule has 0 saturated carbocycles. The van der Waals surface area contributed by atoms with E-state index in [1.807, 2.05) is 19.1 Å². The van der Waals surface area contributed by atoms with Gasteiger partial charge in [-0.2, -0.15) is 0 Å². The molecule has 1 aromatic carbocycles. The minimum absolute atomic E-state index is 0.0362. The lowest BCUT2D eigenvalue weighted by molar-refractivity contribution is -0.149. The highest BCUT2D eigenvalue weighted by Crippen LogP contribution is 2.32. The number of ether oxygens (including phenoxy) is 1. The van der Waals surface area contributed by atoms with Crippen molar-refractivity contribution in [2.75, 3.05) is 7.11 Å². The van der Waals surface area contributed by atoms with Crippen molar-refractivity contribution in [1.82, 2.24) is 0 Å². The Labute approximate surface area is 142 Å². The van der Waals surface area contributed by atoms with Crippen LogP contribution in [0.25, 0.3) is 0 Å². The highest BCUT2D eigenvalue weighted by molar-refractivity contribution is 6.91. The molecule has 0 aliphatic heterocycles. The number of hydrogen-bond donors (Lipinski definition) is 0. The topological polar surface area (TPSA) is 35.5 Å². The molecular weight excluding hydrogens is 320 g/mol. The SMILES string of the molecule is C/C=C\[C@@H]([C@@H](O[Si](C)(C)C)C(=O)OC)[Si](C)(C)c1ccccc1. The lowest BCUT2D eigenvalue weighted by Gasteiger charge is -2.38. The molecule has 0 aromatic heterocycles. The van der Waals surface area contributed by atoms with Crippen LogP contribution in [-0.2, 0) is 14.0 Å². The average Bonchev–Trinajstić information content (AvgIpc) is 2.49. The van der Waals surface area contributed by atoms with Crippen LogP contribution in [0.2, 0.25) is 38.3 Å². The first-order chi connectivity index (χ1) is 10.6. The van der Waals surface area contributed by atoms with Crippen LogP contribution >= 0.6 is 0 Å². The number of methoxy groups -OCH3 is 1. The van der Waals surface area contributed by atoms with E-state index in [0.29, 0.717) is 0 Å². The predicted octanol–water partition coefficient (Wildman–Crippen LogP) is 3.94. The van der Waals surface area contributed by atoms with Gasteiger partial charge in [0.25, 0.3) is 0 Å². The predicted molar refractivity (Wildman–Crippen MR) is 102 cm³/mol. The van der Waals surface area contributed by atoms with Crippen molar-refractivity contribution in [1.29, 1.82) is 0 Å². The molecule has 0 aliphatic carbocycles. The van der Waals surface area contributed by atoms with Gasteiger partial charge in [-0.05, 0) is 26.6 Å². The Balaban J connectivity index is 3.32. The van der Waals surface area contributed by atoms with Crippen molar-refractivity contribution in [3.63, 3.8) is 0 Å². The third-order valence-corrected chi connectivity index (χ3v) is 8.94. The van der Waals surface area contributed by atoms with Crippen molar-refractivity contribution in [3.8, 4) is 0 Å². The number of carbonyl (C=O) groups is 1. The van der Waals surface area contributed by atoms with Gasteiger partial charge in [0.2, 0.25) is 0 Å². The molecule has 1 rings (SSSR count). The molecule has 0 N–H and O–H groups in total. The first-order valence-corrected chi connectivity index (χ1v) is 14.6. The normalized spacial score (nSPS) is 15.4. The van der Waals surface area contributed by atoms with Crippen LogP contribution in [-0.4, -0.2) is 35.6 Å². The standard InChI is InChI=1S/C18H30O3Si2/c1-8-12-16(17(18(19)20-2)21-22(3,4)5)23(6,7)15-13-10-9-11-14-15/h8-14,16-17H,1-7H3/b12-8-/t16-,17+/m0/s1. The second kappa shape index (κ2) is 8.08. The average molecular weight is 351 g/mol. The lowest BCUT2D eigenvalue weighted by Crippen LogP contribution is -2.53. The van der Waals surface area contributed by atoms with E-state index < -0.39 is 22.5 Å². The molecule has 0 radical (unpaired) electrons. The monoisotopic (exact) mass is 350 g/mol. The van der Waals surface area contributed by atoms with E-state index in [0.717, 1.165) is 0 Å². The van der Waals surface area contributed by atoms with Gasteiger partial charge in [-0.25, -0.2) is 4.79 Å². The molecule has 0 heterocycles. The molecule has 1 aromatic rings. The Bertz CT molecular complexity index is 533. The van der Waals surface area contributed by atoms with Gasteiger partial charge in [0.1, 0.15) is 6.10 Å². The van der Waals surface area contributed by atoms with E-state index in [-0.39, 0.29) is 11.5 Å². The minimum Gasteiger partial charge on any atom is -0.467 e. The Morgan fingerprint density at radius 3 is 2.09 bits per heavy atom. The van der Waals surface area contributed by atoms with Gasteiger partial charge in [0.15, 0.2) is 8.32 Å². The molecule has 0 fully saturated rings. The summed E-state index contributed by atoms with van der Waals surface area (Å²) in [5, 5.41) is 1.32. The second-order valence-electron chi connectivity index (χ2n) is 7.31. The molecule has 0 saturated heterocycles. The van der Waals surface area contributed by atoms with E-state index in [4.69, 9.17) is 9.16 Å². The first kappa shape index (κ1) is 19.9. The van der Waals surface area contributed by atoms with Gasteiger partial charge in [-0.3, -0.25) is 0 Å². The molecule has 0 amide bonds. The number of hydrogen-bond acceptors (Lipinski definition) is 3. The molecule has 5 heteroatoms. The van der Waals surface area contributed by atoms with Crippen LogP contribution in [0.15, 0.2) is 42.5 Å². The number of allylic oxidation sites excluding steroid dienone is 1. The lowest BCUT2D eigenvalue weighted by atomic mass is 10.2. The van der Waals surface area contributed by atoms with Gasteiger partial charge in [-0.15, -0.1) is 0 Å². The van der Waals surface area contributed by atoms with Gasteiger partial charge in [0, 0.05) is 5.54 Å². The molecule has 0 unspecified atom stereocenters. The van der Waals surface area contributed by atoms with Crippen LogP contribution in [0.4, 0.5) is 0 Å². The van der Waals surface area contributed by atoms with Crippen LogP contribution in [0.1, 0.15) is 6.92 Å². The summed E-state index contributed by atoms with van der Waals surface area (Å²) in [5.74, 6) is -0.271. The highest BCUT2D eigenvalue weighted by Gasteiger charge is 2.43. The number of benzene rings is 1. The van der Waals surface area contributed by atoms with Crippen LogP contribution in [0, 0.1) is 0 Å². The van der Waals surface area contributed by atoms with E-state index in [1.165, 1.54) is 12.3 Å². The summed E-state index contributed by atoms with van der Waals surface area (Å²) in [7, 11) is -2.41. The zero-order valence-electron chi connectivity index (χ0n) is 15.4. The van der Waals surface area contributed by atoms with E-state index >= 15 is 0 Å². The van der Waals surface area contributed by atoms with Gasteiger partial charge in [-0.1, -0.05) is 60.8 Å². The first-order valence-electron chi connectivity index (χ1n) is 8.07. The summed E-state index contributed by atoms with van der Waals surface area (Å²) in [6.45, 7) is 12.9. The summed E-state index contributed by atoms with van der Waals surface area (Å²) in [5.41, 5.74) is 0.0362. The maximum atomic E-state index is 12.4. The summed E-state index contributed by atoms with van der Waals surface area (Å²) in [6.07, 6.45) is 3.61. The fourth-order valence-electron chi connectivity index (χ4n) is 2.75. The summed E-state index contributed by atoms with van der Waals surface area (Å²) in [4.78, 5) is 12.4. The van der Waals surface area contributed by atoms with Crippen molar-refractivity contribution in [3.05, 3.63) is 42.5 Å². The van der Waals surface area contributed by atoms with Crippen molar-refractivity contribution in [2.45, 2.75) is 51.3 Å². The summed E-state index contributed by atoms with van der Waals surface area (Å²) >= 11 is 0. The van der Waals surface area contributed by atoms with Gasteiger partial charge in [0.05, 0.1) is 15.2 Å². The molecular formula is C18H30O3Si2. The Morgan fingerprint density at radius 1 is 1.09 bits per heavy atom. The Morgan fingerprint density at radius 2 is 1.65 bits per heavy atom. The van der Waals surface area contributed by atoms with E-state index in [1.54, 1.807) is 0 Å². The van der Waals surface area contributed by atoms with Crippen molar-refractivity contribution >= 4 is 27.5 Å². The number of esters is 1. The van der Waals surface area contributed by atoms with Crippen LogP contribution < -0.4 is 5.19 Å². The molecule has 2 atom stereocenters. The largest absolute Gasteiger partial charge is 0.467 e. The minimum atomic E-state index is -1.96. The van der Waals surface area contributed by atoms with E-state index in [2.05, 4.69) is 63.1 Å². The Kier molecular flexibility index (Phi) is 6.98. The third kappa shape index (κ3) is 5.44. The molecule has 0 aliphatic rings. The van der Waals surface area contributed by atoms with Gasteiger partial charge < -0.3 is 9.16 Å². The maximum Gasteiger partial charge on any atom is 0.334 e. The molecule has 0 bridgehead atoms. The third-order valence-electron chi connectivity index (χ3n) is 3.99. The highest BCUT2D eigenvalue weighted by atomic mass is 28.4. The molecule has 0 spiro atoms. The molecule has 3 nitrogen and oxygen atoms in total. The zero-order chi connectivity index (χ0) is 17.7. The molecule has 128 valence electrons. The fourth-order valence-corrected chi connectivity index (χ4v) is 6.96. The zero-order valence-corrected chi connectivity index (χ0v) is 17.4. The van der Waals surface area contributed by atoms with Crippen LogP contribution in [0.3, 0.4) is 0 Å². The summed E-state index contributed by atoms with van der Waals surface area (Å²) in [6, 6.07) is 10.5.